The van der Waals surface area contributed by atoms with E-state index in [4.69, 9.17) is 5.73 Å². The van der Waals surface area contributed by atoms with Gasteiger partial charge in [0.1, 0.15) is 11.1 Å². The summed E-state index contributed by atoms with van der Waals surface area (Å²) in [4.78, 5) is 13.8. The summed E-state index contributed by atoms with van der Waals surface area (Å²) in [5.41, 5.74) is 5.81. The molecule has 116 valence electrons. The van der Waals surface area contributed by atoms with Crippen molar-refractivity contribution < 1.29 is 17.6 Å². The van der Waals surface area contributed by atoms with Gasteiger partial charge < -0.3 is 10.6 Å². The van der Waals surface area contributed by atoms with Crippen molar-refractivity contribution in [3.05, 3.63) is 30.1 Å². The number of hydrogen-bond donors (Lipinski definition) is 1. The molecule has 1 aromatic carbocycles. The lowest BCUT2D eigenvalue weighted by Gasteiger charge is -2.32. The number of piperidine rings is 1. The highest BCUT2D eigenvalue weighted by Gasteiger charge is 2.34. The lowest BCUT2D eigenvalue weighted by Crippen LogP contribution is -2.50. The van der Waals surface area contributed by atoms with Crippen LogP contribution in [-0.4, -0.2) is 43.6 Å². The minimum absolute atomic E-state index is 0.0499. The molecule has 0 radical (unpaired) electrons. The molecule has 7 heteroatoms. The highest BCUT2D eigenvalue weighted by atomic mass is 32.2. The largest absolute Gasteiger partial charge is 0.340 e. The van der Waals surface area contributed by atoms with Crippen molar-refractivity contribution in [2.75, 3.05) is 13.1 Å². The molecule has 0 spiro atoms. The summed E-state index contributed by atoms with van der Waals surface area (Å²) < 4.78 is 37.7. The number of amides is 1. The molecule has 1 amide bonds. The number of nitrogens with zero attached hydrogens (tertiary/aromatic N) is 1. The van der Waals surface area contributed by atoms with Crippen molar-refractivity contribution in [1.29, 1.82) is 0 Å². The van der Waals surface area contributed by atoms with Gasteiger partial charge in [0.25, 0.3) is 0 Å². The molecular formula is C14H19FN2O3S. The molecule has 2 N–H and O–H groups in total. The number of likely N-dealkylation sites (tertiary alicyclic amines) is 1. The maximum Gasteiger partial charge on any atom is 0.241 e. The zero-order valence-corrected chi connectivity index (χ0v) is 12.6. The number of sulfone groups is 1. The summed E-state index contributed by atoms with van der Waals surface area (Å²) in [7, 11) is -3.82. The zero-order chi connectivity index (χ0) is 15.6. The van der Waals surface area contributed by atoms with Gasteiger partial charge in [-0.3, -0.25) is 4.79 Å². The van der Waals surface area contributed by atoms with Gasteiger partial charge in [-0.2, -0.15) is 0 Å². The van der Waals surface area contributed by atoms with E-state index in [2.05, 4.69) is 0 Å². The molecule has 0 aromatic heterocycles. The summed E-state index contributed by atoms with van der Waals surface area (Å²) in [6, 6.07) is 4.39. The summed E-state index contributed by atoms with van der Waals surface area (Å²) in [5, 5.41) is -1.20. The van der Waals surface area contributed by atoms with Crippen molar-refractivity contribution in [2.24, 2.45) is 5.73 Å². The molecular weight excluding hydrogens is 295 g/mol. The minimum Gasteiger partial charge on any atom is -0.340 e. The quantitative estimate of drug-likeness (QED) is 0.842. The van der Waals surface area contributed by atoms with Gasteiger partial charge in [-0.1, -0.05) is 0 Å². The molecule has 0 aliphatic carbocycles. The van der Waals surface area contributed by atoms with Gasteiger partial charge in [0.15, 0.2) is 9.84 Å². The van der Waals surface area contributed by atoms with Gasteiger partial charge in [0.05, 0.1) is 4.90 Å². The van der Waals surface area contributed by atoms with Crippen LogP contribution in [0.1, 0.15) is 19.8 Å². The number of rotatable bonds is 3. The average Bonchev–Trinajstić information content (AvgIpc) is 2.46. The van der Waals surface area contributed by atoms with Crippen molar-refractivity contribution in [3.63, 3.8) is 0 Å². The van der Waals surface area contributed by atoms with E-state index in [0.29, 0.717) is 13.1 Å². The molecule has 2 rings (SSSR count). The number of nitrogens with two attached hydrogens (primary N) is 1. The zero-order valence-electron chi connectivity index (χ0n) is 11.8. The monoisotopic (exact) mass is 314 g/mol. The van der Waals surface area contributed by atoms with E-state index < -0.39 is 26.8 Å². The van der Waals surface area contributed by atoms with Crippen molar-refractivity contribution in [3.8, 4) is 0 Å². The molecule has 1 saturated heterocycles. The predicted octanol–water partition coefficient (Wildman–Crippen LogP) is 0.938. The van der Waals surface area contributed by atoms with Crippen molar-refractivity contribution >= 4 is 15.7 Å². The Balaban J connectivity index is 2.19. The molecule has 5 nitrogen and oxygen atoms in total. The Bertz CT molecular complexity index is 616. The van der Waals surface area contributed by atoms with Gasteiger partial charge in [-0.15, -0.1) is 0 Å². The second kappa shape index (κ2) is 6.11. The Morgan fingerprint density at radius 2 is 2.00 bits per heavy atom. The number of carbonyl (C=O) groups excluding carboxylic acids is 1. The molecule has 0 saturated carbocycles. The number of halogens is 1. The highest BCUT2D eigenvalue weighted by molar-refractivity contribution is 7.92. The van der Waals surface area contributed by atoms with Crippen LogP contribution in [0.4, 0.5) is 4.39 Å². The summed E-state index contributed by atoms with van der Waals surface area (Å²) in [5.74, 6) is -0.968. The molecule has 2 atom stereocenters. The first-order chi connectivity index (χ1) is 9.82. The Labute approximate surface area is 123 Å². The van der Waals surface area contributed by atoms with Crippen molar-refractivity contribution in [1.82, 2.24) is 4.90 Å². The maximum absolute atomic E-state index is 12.9. The number of carbonyl (C=O) groups is 1. The van der Waals surface area contributed by atoms with Gasteiger partial charge in [0.2, 0.25) is 5.91 Å². The average molecular weight is 314 g/mol. The van der Waals surface area contributed by atoms with Crippen LogP contribution in [0.5, 0.6) is 0 Å². The van der Waals surface area contributed by atoms with Crippen LogP contribution in [0.25, 0.3) is 0 Å². The standard InChI is InChI=1S/C14H19FN2O3S/c1-10(14(18)17-8-2-3-12(16)9-17)21(19,20)13-6-4-11(15)5-7-13/h4-7,10,12H,2-3,8-9,16H2,1H3/t10-,12-/m0/s1. The maximum atomic E-state index is 12.9. The fraction of sp³-hybridized carbons (Fsp3) is 0.500. The van der Waals surface area contributed by atoms with Crippen LogP contribution < -0.4 is 5.73 Å². The SMILES string of the molecule is C[C@@H](C(=O)N1CCC[C@H](N)C1)S(=O)(=O)c1ccc(F)cc1. The predicted molar refractivity (Wildman–Crippen MR) is 76.8 cm³/mol. The van der Waals surface area contributed by atoms with Crippen LogP contribution in [0.15, 0.2) is 29.2 Å². The Hall–Kier alpha value is -1.47. The van der Waals surface area contributed by atoms with Gasteiger partial charge in [-0.25, -0.2) is 12.8 Å². The van der Waals surface area contributed by atoms with Crippen LogP contribution in [-0.2, 0) is 14.6 Å². The Kier molecular flexibility index (Phi) is 4.63. The van der Waals surface area contributed by atoms with E-state index in [9.17, 15) is 17.6 Å². The van der Waals surface area contributed by atoms with Gasteiger partial charge in [0, 0.05) is 19.1 Å². The van der Waals surface area contributed by atoms with Crippen LogP contribution in [0.3, 0.4) is 0 Å². The van der Waals surface area contributed by atoms with Gasteiger partial charge in [-0.05, 0) is 44.0 Å². The molecule has 21 heavy (non-hydrogen) atoms. The normalized spacial score (nSPS) is 21.1. The van der Waals surface area contributed by atoms with Gasteiger partial charge >= 0.3 is 0 Å². The highest BCUT2D eigenvalue weighted by Crippen LogP contribution is 2.19. The van der Waals surface area contributed by atoms with Crippen LogP contribution in [0, 0.1) is 5.82 Å². The number of benzene rings is 1. The van der Waals surface area contributed by atoms with Crippen LogP contribution >= 0.6 is 0 Å². The van der Waals surface area contributed by atoms with Crippen LogP contribution in [0.2, 0.25) is 0 Å². The third kappa shape index (κ3) is 3.41. The Morgan fingerprint density at radius 3 is 2.57 bits per heavy atom. The fourth-order valence-electron chi connectivity index (χ4n) is 2.43. The molecule has 1 aromatic rings. The molecule has 0 bridgehead atoms. The summed E-state index contributed by atoms with van der Waals surface area (Å²) >= 11 is 0. The second-order valence-corrected chi connectivity index (χ2v) is 7.60. The second-order valence-electron chi connectivity index (χ2n) is 5.33. The molecule has 1 aliphatic rings. The molecule has 1 fully saturated rings. The van der Waals surface area contributed by atoms with E-state index in [1.165, 1.54) is 24.0 Å². The van der Waals surface area contributed by atoms with E-state index >= 15 is 0 Å². The topological polar surface area (TPSA) is 80.5 Å². The summed E-state index contributed by atoms with van der Waals surface area (Å²) in [6.45, 7) is 2.26. The van der Waals surface area contributed by atoms with E-state index in [-0.39, 0.29) is 10.9 Å². The third-order valence-corrected chi connectivity index (χ3v) is 5.79. The molecule has 1 aliphatic heterocycles. The molecule has 0 unspecified atom stereocenters. The number of hydrogen-bond acceptors (Lipinski definition) is 4. The lowest BCUT2D eigenvalue weighted by atomic mass is 10.1. The molecule has 1 heterocycles. The van der Waals surface area contributed by atoms with E-state index in [1.807, 2.05) is 0 Å². The van der Waals surface area contributed by atoms with E-state index in [0.717, 1.165) is 25.0 Å². The first-order valence-corrected chi connectivity index (χ1v) is 8.41. The fourth-order valence-corrected chi connectivity index (χ4v) is 3.77. The lowest BCUT2D eigenvalue weighted by molar-refractivity contribution is -0.131. The minimum atomic E-state index is -3.82. The first kappa shape index (κ1) is 15.9. The van der Waals surface area contributed by atoms with E-state index in [1.54, 1.807) is 0 Å². The third-order valence-electron chi connectivity index (χ3n) is 3.72. The summed E-state index contributed by atoms with van der Waals surface area (Å²) in [6.07, 6.45) is 1.61. The van der Waals surface area contributed by atoms with Crippen molar-refractivity contribution in [2.45, 2.75) is 36.0 Å². The Morgan fingerprint density at radius 1 is 1.38 bits per heavy atom. The smallest absolute Gasteiger partial charge is 0.241 e. The first-order valence-electron chi connectivity index (χ1n) is 6.86.